The second kappa shape index (κ2) is 7.36. The smallest absolute Gasteiger partial charge is 0.416 e. The van der Waals surface area contributed by atoms with Crippen molar-refractivity contribution >= 4 is 21.7 Å². The van der Waals surface area contributed by atoms with Crippen molar-refractivity contribution in [1.29, 1.82) is 0 Å². The number of carbonyl (C=O) groups excluding carboxylic acids is 1. The molecule has 0 saturated heterocycles. The van der Waals surface area contributed by atoms with Gasteiger partial charge in [0.05, 0.1) is 28.8 Å². The molecule has 0 aliphatic rings. The lowest BCUT2D eigenvalue weighted by Crippen LogP contribution is -2.17. The molecule has 0 spiro atoms. The normalized spacial score (nSPS) is 11.9. The molecule has 2 aromatic carbocycles. The Hall–Kier alpha value is -2.55. The molecular weight excluding hydrogens is 371 g/mol. The van der Waals surface area contributed by atoms with Gasteiger partial charge in [0.25, 0.3) is 10.0 Å². The molecule has 0 amide bonds. The van der Waals surface area contributed by atoms with E-state index in [4.69, 9.17) is 0 Å². The molecule has 26 heavy (non-hydrogen) atoms. The summed E-state index contributed by atoms with van der Waals surface area (Å²) < 4.78 is 71.2. The van der Waals surface area contributed by atoms with Crippen molar-refractivity contribution in [3.05, 3.63) is 59.2 Å². The average Bonchev–Trinajstić information content (AvgIpc) is 2.59. The van der Waals surface area contributed by atoms with E-state index in [2.05, 4.69) is 9.46 Å². The van der Waals surface area contributed by atoms with Gasteiger partial charge in [0.15, 0.2) is 0 Å². The van der Waals surface area contributed by atoms with E-state index in [1.54, 1.807) is 0 Å². The maximum atomic E-state index is 13.1. The first-order valence-electron chi connectivity index (χ1n) is 7.50. The van der Waals surface area contributed by atoms with Crippen LogP contribution in [-0.2, 0) is 27.4 Å². The lowest BCUT2D eigenvalue weighted by molar-refractivity contribution is -0.138. The van der Waals surface area contributed by atoms with Crippen LogP contribution in [0.3, 0.4) is 0 Å². The fraction of sp³-hybridized carbons (Fsp3) is 0.235. The van der Waals surface area contributed by atoms with Crippen molar-refractivity contribution in [2.75, 3.05) is 11.8 Å². The minimum atomic E-state index is -4.60. The number of alkyl halides is 3. The van der Waals surface area contributed by atoms with Crippen molar-refractivity contribution in [2.45, 2.75) is 24.4 Å². The Kier molecular flexibility index (Phi) is 5.60. The van der Waals surface area contributed by atoms with Gasteiger partial charge >= 0.3 is 12.1 Å². The Bertz CT molecular complexity index is 924. The summed E-state index contributed by atoms with van der Waals surface area (Å²) in [5.41, 5.74) is -1.21. The van der Waals surface area contributed by atoms with Crippen LogP contribution in [-0.4, -0.2) is 21.5 Å². The van der Waals surface area contributed by atoms with E-state index in [1.807, 2.05) is 0 Å². The highest BCUT2D eigenvalue weighted by Gasteiger charge is 2.34. The van der Waals surface area contributed by atoms with Gasteiger partial charge in [-0.3, -0.25) is 4.72 Å². The molecule has 0 atom stereocenters. The number of halogens is 3. The third-order valence-electron chi connectivity index (χ3n) is 3.64. The fourth-order valence-corrected chi connectivity index (χ4v) is 3.58. The summed E-state index contributed by atoms with van der Waals surface area (Å²) in [4.78, 5) is 11.3. The molecule has 0 heterocycles. The highest BCUT2D eigenvalue weighted by Crippen LogP contribution is 2.36. The summed E-state index contributed by atoms with van der Waals surface area (Å²) in [6.45, 7) is 1.50. The monoisotopic (exact) mass is 387 g/mol. The summed E-state index contributed by atoms with van der Waals surface area (Å²) in [6.07, 6.45) is -4.62. The zero-order valence-electron chi connectivity index (χ0n) is 13.9. The van der Waals surface area contributed by atoms with Crippen LogP contribution < -0.4 is 4.72 Å². The van der Waals surface area contributed by atoms with Gasteiger partial charge in [0.2, 0.25) is 0 Å². The molecular formula is C17H16F3NO4S. The Morgan fingerprint density at radius 2 is 1.81 bits per heavy atom. The number of methoxy groups -OCH3 is 1. The van der Waals surface area contributed by atoms with Gasteiger partial charge in [-0.25, -0.2) is 13.2 Å². The van der Waals surface area contributed by atoms with Gasteiger partial charge in [-0.2, -0.15) is 13.2 Å². The molecule has 0 aromatic heterocycles. The summed E-state index contributed by atoms with van der Waals surface area (Å²) in [7, 11) is -3.05. The molecule has 9 heteroatoms. The van der Waals surface area contributed by atoms with Gasteiger partial charge in [-0.1, -0.05) is 19.1 Å². The van der Waals surface area contributed by atoms with Crippen LogP contribution >= 0.6 is 0 Å². The molecule has 0 aliphatic carbocycles. The lowest BCUT2D eigenvalue weighted by Gasteiger charge is -2.17. The number of sulfonamides is 1. The maximum Gasteiger partial charge on any atom is 0.416 e. The number of hydrogen-bond acceptors (Lipinski definition) is 4. The molecule has 0 radical (unpaired) electrons. The van der Waals surface area contributed by atoms with Crippen LogP contribution in [0.1, 0.15) is 28.4 Å². The minimum Gasteiger partial charge on any atom is -0.465 e. The average molecular weight is 387 g/mol. The SMILES string of the molecule is CCc1c(NS(=O)(=O)c2cccc(C(=O)OC)c2)cccc1C(F)(F)F. The van der Waals surface area contributed by atoms with E-state index >= 15 is 0 Å². The van der Waals surface area contributed by atoms with Gasteiger partial charge in [-0.15, -0.1) is 0 Å². The zero-order valence-corrected chi connectivity index (χ0v) is 14.7. The number of ether oxygens (including phenoxy) is 1. The molecule has 2 rings (SSSR count). The van der Waals surface area contributed by atoms with Gasteiger partial charge in [-0.05, 0) is 42.3 Å². The molecule has 0 fully saturated rings. The fourth-order valence-electron chi connectivity index (χ4n) is 2.44. The molecule has 140 valence electrons. The number of hydrogen-bond donors (Lipinski definition) is 1. The molecule has 0 saturated carbocycles. The van der Waals surface area contributed by atoms with E-state index in [-0.39, 0.29) is 28.1 Å². The van der Waals surface area contributed by atoms with Crippen molar-refractivity contribution in [1.82, 2.24) is 0 Å². The Morgan fingerprint density at radius 1 is 1.15 bits per heavy atom. The quantitative estimate of drug-likeness (QED) is 0.791. The standard InChI is InChI=1S/C17H16F3NO4S/c1-3-13-14(17(18,19)20)8-5-9-15(13)21-26(23,24)12-7-4-6-11(10-12)16(22)25-2/h4-10,21H,3H2,1-2H3. The van der Waals surface area contributed by atoms with Crippen molar-refractivity contribution in [3.8, 4) is 0 Å². The van der Waals surface area contributed by atoms with E-state index in [9.17, 15) is 26.4 Å². The predicted octanol–water partition coefficient (Wildman–Crippen LogP) is 3.86. The number of anilines is 1. The Labute approximate surface area is 148 Å². The van der Waals surface area contributed by atoms with Gasteiger partial charge in [0, 0.05) is 0 Å². The third kappa shape index (κ3) is 4.16. The van der Waals surface area contributed by atoms with Crippen molar-refractivity contribution < 1.29 is 31.1 Å². The minimum absolute atomic E-state index is 0.00938. The summed E-state index contributed by atoms with van der Waals surface area (Å²) >= 11 is 0. The van der Waals surface area contributed by atoms with Crippen LogP contribution in [0.4, 0.5) is 18.9 Å². The van der Waals surface area contributed by atoms with E-state index in [0.29, 0.717) is 0 Å². The Balaban J connectivity index is 2.47. The molecule has 0 aliphatic heterocycles. The first kappa shape index (κ1) is 19.8. The topological polar surface area (TPSA) is 72.5 Å². The summed E-state index contributed by atoms with van der Waals surface area (Å²) in [5, 5.41) is 0. The van der Waals surface area contributed by atoms with Gasteiger partial charge in [0.1, 0.15) is 0 Å². The van der Waals surface area contributed by atoms with Crippen LogP contribution in [0, 0.1) is 0 Å². The number of rotatable bonds is 5. The second-order valence-corrected chi connectivity index (χ2v) is 6.99. The van der Waals surface area contributed by atoms with Crippen molar-refractivity contribution in [2.24, 2.45) is 0 Å². The first-order chi connectivity index (χ1) is 12.1. The Morgan fingerprint density at radius 3 is 2.38 bits per heavy atom. The molecule has 0 unspecified atom stereocenters. The predicted molar refractivity (Wildman–Crippen MR) is 89.4 cm³/mol. The number of benzene rings is 2. The van der Waals surface area contributed by atoms with E-state index in [1.165, 1.54) is 31.2 Å². The molecule has 0 bridgehead atoms. The highest BCUT2D eigenvalue weighted by molar-refractivity contribution is 7.92. The zero-order chi connectivity index (χ0) is 19.5. The van der Waals surface area contributed by atoms with E-state index in [0.717, 1.165) is 25.3 Å². The highest BCUT2D eigenvalue weighted by atomic mass is 32.2. The number of esters is 1. The van der Waals surface area contributed by atoms with Crippen molar-refractivity contribution in [3.63, 3.8) is 0 Å². The van der Waals surface area contributed by atoms with Crippen LogP contribution in [0.5, 0.6) is 0 Å². The van der Waals surface area contributed by atoms with Crippen LogP contribution in [0.2, 0.25) is 0 Å². The molecule has 5 nitrogen and oxygen atoms in total. The van der Waals surface area contributed by atoms with Crippen LogP contribution in [0.15, 0.2) is 47.4 Å². The number of nitrogens with one attached hydrogen (secondary N) is 1. The van der Waals surface area contributed by atoms with Crippen LogP contribution in [0.25, 0.3) is 0 Å². The number of carbonyl (C=O) groups is 1. The lowest BCUT2D eigenvalue weighted by atomic mass is 10.0. The van der Waals surface area contributed by atoms with E-state index < -0.39 is 27.7 Å². The molecule has 1 N–H and O–H groups in total. The summed E-state index contributed by atoms with van der Waals surface area (Å²) in [6, 6.07) is 8.32. The third-order valence-corrected chi connectivity index (χ3v) is 5.01. The van der Waals surface area contributed by atoms with Gasteiger partial charge < -0.3 is 4.74 Å². The maximum absolute atomic E-state index is 13.1. The second-order valence-electron chi connectivity index (χ2n) is 5.31. The molecule has 2 aromatic rings. The first-order valence-corrected chi connectivity index (χ1v) is 8.98. The largest absolute Gasteiger partial charge is 0.465 e. The summed E-state index contributed by atoms with van der Waals surface area (Å²) in [5.74, 6) is -0.727.